The molecule has 0 radical (unpaired) electrons. The van der Waals surface area contributed by atoms with Gasteiger partial charge in [0.1, 0.15) is 11.6 Å². The maximum absolute atomic E-state index is 13.4. The number of carbonyl (C=O) groups is 1. The number of amides is 1. The van der Waals surface area contributed by atoms with Crippen molar-refractivity contribution in [2.75, 3.05) is 5.43 Å². The zero-order valence-electron chi connectivity index (χ0n) is 10.4. The minimum Gasteiger partial charge on any atom is -0.267 e. The van der Waals surface area contributed by atoms with Crippen LogP contribution < -0.4 is 5.43 Å². The van der Waals surface area contributed by atoms with Crippen LogP contribution in [-0.4, -0.2) is 21.0 Å². The molecule has 0 atom stereocenters. The van der Waals surface area contributed by atoms with Gasteiger partial charge in [0.05, 0.1) is 17.5 Å². The molecule has 2 aromatic rings. The topological polar surface area (TPSA) is 59.8 Å². The van der Waals surface area contributed by atoms with Crippen LogP contribution in [0, 0.1) is 11.6 Å². The van der Waals surface area contributed by atoms with E-state index in [1.807, 2.05) is 13.8 Å². The fraction of sp³-hybridized carbons (Fsp3) is 0.250. The molecular weight excluding hydrogens is 254 g/mol. The molecule has 2 rings (SSSR count). The number of hydrogen-bond donors (Lipinski definition) is 1. The summed E-state index contributed by atoms with van der Waals surface area (Å²) in [6.45, 7) is 3.85. The number of benzene rings is 1. The lowest BCUT2D eigenvalue weighted by molar-refractivity contribution is 0.0998. The number of nitrogens with zero attached hydrogens (tertiary/aromatic N) is 3. The molecule has 0 bridgehead atoms. The molecule has 0 spiro atoms. The first-order valence-corrected chi connectivity index (χ1v) is 5.66. The standard InChI is InChI=1S/C12H12F2N4O/c1-7(2)11-6-15-18(16-11)17-12(19)9-4-3-8(13)5-10(9)14/h3-7H,1-2H3,(H,17,19). The third kappa shape index (κ3) is 2.93. The van der Waals surface area contributed by atoms with Crippen molar-refractivity contribution in [3.8, 4) is 0 Å². The van der Waals surface area contributed by atoms with Gasteiger partial charge in [0.25, 0.3) is 5.91 Å². The van der Waals surface area contributed by atoms with Crippen LogP contribution in [0.3, 0.4) is 0 Å². The van der Waals surface area contributed by atoms with Gasteiger partial charge in [-0.25, -0.2) is 14.2 Å². The molecule has 1 N–H and O–H groups in total. The number of hydrogen-bond acceptors (Lipinski definition) is 3. The van der Waals surface area contributed by atoms with Gasteiger partial charge in [-0.05, 0) is 18.1 Å². The summed E-state index contributed by atoms with van der Waals surface area (Å²) in [5.74, 6) is -2.27. The van der Waals surface area contributed by atoms with Crippen LogP contribution in [0.2, 0.25) is 0 Å². The van der Waals surface area contributed by atoms with Crippen molar-refractivity contribution < 1.29 is 13.6 Å². The highest BCUT2D eigenvalue weighted by Gasteiger charge is 2.14. The molecule has 1 aromatic carbocycles. The van der Waals surface area contributed by atoms with E-state index >= 15 is 0 Å². The fourth-order valence-electron chi connectivity index (χ4n) is 1.42. The molecule has 0 aliphatic rings. The van der Waals surface area contributed by atoms with Crippen LogP contribution in [0.15, 0.2) is 24.4 Å². The fourth-order valence-corrected chi connectivity index (χ4v) is 1.42. The number of rotatable bonds is 3. The number of carbonyl (C=O) groups excluding carboxylic acids is 1. The second-order valence-electron chi connectivity index (χ2n) is 4.28. The van der Waals surface area contributed by atoms with E-state index in [9.17, 15) is 13.6 Å². The molecular formula is C12H12F2N4O. The highest BCUT2D eigenvalue weighted by atomic mass is 19.1. The van der Waals surface area contributed by atoms with Crippen LogP contribution in [0.5, 0.6) is 0 Å². The van der Waals surface area contributed by atoms with Gasteiger partial charge >= 0.3 is 0 Å². The summed E-state index contributed by atoms with van der Waals surface area (Å²) in [6, 6.07) is 2.71. The molecule has 1 aromatic heterocycles. The zero-order valence-corrected chi connectivity index (χ0v) is 10.4. The maximum Gasteiger partial charge on any atom is 0.275 e. The third-order valence-corrected chi connectivity index (χ3v) is 2.48. The lowest BCUT2D eigenvalue weighted by Crippen LogP contribution is -2.26. The maximum atomic E-state index is 13.4. The lowest BCUT2D eigenvalue weighted by atomic mass is 10.2. The largest absolute Gasteiger partial charge is 0.275 e. The summed E-state index contributed by atoms with van der Waals surface area (Å²) in [5.41, 5.74) is 2.71. The van der Waals surface area contributed by atoms with Crippen molar-refractivity contribution in [1.29, 1.82) is 0 Å². The van der Waals surface area contributed by atoms with Crippen molar-refractivity contribution >= 4 is 5.91 Å². The van der Waals surface area contributed by atoms with E-state index in [0.717, 1.165) is 17.0 Å². The Kier molecular flexibility index (Phi) is 3.55. The molecule has 5 nitrogen and oxygen atoms in total. The van der Waals surface area contributed by atoms with E-state index in [-0.39, 0.29) is 11.5 Å². The average Bonchev–Trinajstić information content (AvgIpc) is 2.77. The molecule has 0 fully saturated rings. The van der Waals surface area contributed by atoms with Crippen molar-refractivity contribution in [3.63, 3.8) is 0 Å². The predicted molar refractivity (Wildman–Crippen MR) is 64.2 cm³/mol. The van der Waals surface area contributed by atoms with Crippen molar-refractivity contribution in [1.82, 2.24) is 15.1 Å². The number of halogens is 2. The Bertz CT molecular complexity index is 610. The van der Waals surface area contributed by atoms with Crippen LogP contribution in [-0.2, 0) is 0 Å². The molecule has 0 unspecified atom stereocenters. The Morgan fingerprint density at radius 2 is 2.11 bits per heavy atom. The van der Waals surface area contributed by atoms with Crippen LogP contribution in [0.25, 0.3) is 0 Å². The Hall–Kier alpha value is -2.31. The van der Waals surface area contributed by atoms with Gasteiger partial charge in [-0.3, -0.25) is 4.79 Å². The van der Waals surface area contributed by atoms with E-state index in [1.54, 1.807) is 0 Å². The monoisotopic (exact) mass is 266 g/mol. The quantitative estimate of drug-likeness (QED) is 0.925. The van der Waals surface area contributed by atoms with Crippen LogP contribution in [0.4, 0.5) is 8.78 Å². The van der Waals surface area contributed by atoms with Crippen molar-refractivity contribution in [3.05, 3.63) is 47.3 Å². The van der Waals surface area contributed by atoms with Gasteiger partial charge in [-0.1, -0.05) is 18.8 Å². The van der Waals surface area contributed by atoms with E-state index in [2.05, 4.69) is 15.6 Å². The van der Waals surface area contributed by atoms with Crippen molar-refractivity contribution in [2.45, 2.75) is 19.8 Å². The Labute approximate surface area is 108 Å². The normalized spacial score (nSPS) is 10.8. The summed E-state index contributed by atoms with van der Waals surface area (Å²) in [6.07, 6.45) is 1.51. The van der Waals surface area contributed by atoms with Gasteiger partial charge in [0, 0.05) is 6.07 Å². The smallest absolute Gasteiger partial charge is 0.267 e. The molecule has 0 aliphatic heterocycles. The van der Waals surface area contributed by atoms with Crippen molar-refractivity contribution in [2.24, 2.45) is 0 Å². The molecule has 0 aliphatic carbocycles. The summed E-state index contributed by atoms with van der Waals surface area (Å²) in [7, 11) is 0. The van der Waals surface area contributed by atoms with Crippen LogP contribution in [0.1, 0.15) is 35.8 Å². The van der Waals surface area contributed by atoms with E-state index < -0.39 is 17.5 Å². The van der Waals surface area contributed by atoms with Gasteiger partial charge in [0.2, 0.25) is 0 Å². The Balaban J connectivity index is 2.16. The predicted octanol–water partition coefficient (Wildman–Crippen LogP) is 2.06. The summed E-state index contributed by atoms with van der Waals surface area (Å²) in [4.78, 5) is 12.7. The summed E-state index contributed by atoms with van der Waals surface area (Å²) < 4.78 is 26.1. The second kappa shape index (κ2) is 5.13. The van der Waals surface area contributed by atoms with Crippen LogP contribution >= 0.6 is 0 Å². The Morgan fingerprint density at radius 3 is 2.68 bits per heavy atom. The minimum absolute atomic E-state index is 0.160. The average molecular weight is 266 g/mol. The third-order valence-electron chi connectivity index (χ3n) is 2.48. The highest BCUT2D eigenvalue weighted by Crippen LogP contribution is 2.10. The molecule has 19 heavy (non-hydrogen) atoms. The molecule has 0 saturated heterocycles. The molecule has 7 heteroatoms. The highest BCUT2D eigenvalue weighted by molar-refractivity contribution is 5.99. The summed E-state index contributed by atoms with van der Waals surface area (Å²) >= 11 is 0. The van der Waals surface area contributed by atoms with E-state index in [1.165, 1.54) is 6.20 Å². The van der Waals surface area contributed by atoms with Gasteiger partial charge in [-0.2, -0.15) is 0 Å². The lowest BCUT2D eigenvalue weighted by Gasteiger charge is -2.04. The minimum atomic E-state index is -0.936. The van der Waals surface area contributed by atoms with Gasteiger partial charge < -0.3 is 0 Å². The molecule has 1 amide bonds. The SMILES string of the molecule is CC(C)c1cnn(NC(=O)c2ccc(F)cc2F)n1. The first-order chi connectivity index (χ1) is 8.97. The van der Waals surface area contributed by atoms with Gasteiger partial charge in [0.15, 0.2) is 0 Å². The first-order valence-electron chi connectivity index (χ1n) is 5.66. The second-order valence-corrected chi connectivity index (χ2v) is 4.28. The zero-order chi connectivity index (χ0) is 14.0. The first kappa shape index (κ1) is 13.1. The van der Waals surface area contributed by atoms with Gasteiger partial charge in [-0.15, -0.1) is 10.2 Å². The number of nitrogens with one attached hydrogen (secondary N) is 1. The molecule has 1 heterocycles. The molecule has 0 saturated carbocycles. The Morgan fingerprint density at radius 1 is 1.37 bits per heavy atom. The van der Waals surface area contributed by atoms with E-state index in [4.69, 9.17) is 0 Å². The summed E-state index contributed by atoms with van der Waals surface area (Å²) in [5, 5.41) is 7.83. The number of aromatic nitrogens is 3. The molecule has 100 valence electrons. The van der Waals surface area contributed by atoms with E-state index in [0.29, 0.717) is 11.8 Å².